The van der Waals surface area contributed by atoms with Crippen molar-refractivity contribution in [3.63, 3.8) is 0 Å². The third kappa shape index (κ3) is 5.49. The van der Waals surface area contributed by atoms with Gasteiger partial charge in [0.25, 0.3) is 0 Å². The zero-order valence-corrected chi connectivity index (χ0v) is 22.0. The lowest BCUT2D eigenvalue weighted by molar-refractivity contribution is -0.123. The van der Waals surface area contributed by atoms with E-state index < -0.39 is 0 Å². The lowest BCUT2D eigenvalue weighted by Crippen LogP contribution is -2.34. The van der Waals surface area contributed by atoms with Gasteiger partial charge in [-0.15, -0.1) is 0 Å². The van der Waals surface area contributed by atoms with Crippen molar-refractivity contribution < 1.29 is 19.1 Å². The first-order valence-electron chi connectivity index (χ1n) is 11.8. The summed E-state index contributed by atoms with van der Waals surface area (Å²) in [6.45, 7) is 7.34. The molecule has 184 valence electrons. The summed E-state index contributed by atoms with van der Waals surface area (Å²) in [4.78, 5) is 32.9. The molecule has 8 heteroatoms. The molecule has 1 amide bonds. The Morgan fingerprint density at radius 3 is 2.57 bits per heavy atom. The van der Waals surface area contributed by atoms with Crippen molar-refractivity contribution in [1.29, 1.82) is 0 Å². The highest BCUT2D eigenvalue weighted by Gasteiger charge is 2.38. The molecular formula is C27H30BrN3O4. The van der Waals surface area contributed by atoms with Crippen molar-refractivity contribution in [2.24, 2.45) is 11.8 Å². The first-order chi connectivity index (χ1) is 16.8. The van der Waals surface area contributed by atoms with Crippen molar-refractivity contribution in [3.8, 4) is 11.8 Å². The van der Waals surface area contributed by atoms with E-state index in [0.29, 0.717) is 37.0 Å². The molecule has 0 radical (unpaired) electrons. The van der Waals surface area contributed by atoms with Gasteiger partial charge in [-0.3, -0.25) is 19.1 Å². The molecule has 1 aliphatic rings. The number of hydrogen-bond donors (Lipinski definition) is 0. The zero-order valence-electron chi connectivity index (χ0n) is 20.5. The van der Waals surface area contributed by atoms with Crippen LogP contribution in [0.3, 0.4) is 0 Å². The predicted octanol–water partition coefficient (Wildman–Crippen LogP) is 5.84. The van der Waals surface area contributed by atoms with Crippen LogP contribution in [0.5, 0.6) is 11.8 Å². The van der Waals surface area contributed by atoms with Gasteiger partial charge in [-0.05, 0) is 48.2 Å². The lowest BCUT2D eigenvalue weighted by Gasteiger charge is -2.21. The summed E-state index contributed by atoms with van der Waals surface area (Å²) >= 11 is 3.52. The number of Topliss-reactive ketones (excluding diaryl/α,β-unsaturated/α-hetero) is 1. The largest absolute Gasteiger partial charge is 0.425 e. The highest BCUT2D eigenvalue weighted by Crippen LogP contribution is 2.36. The number of nitrogens with zero attached hydrogens (tertiary/aromatic N) is 3. The third-order valence-electron chi connectivity index (χ3n) is 6.16. The highest BCUT2D eigenvalue weighted by atomic mass is 79.9. The van der Waals surface area contributed by atoms with Crippen molar-refractivity contribution in [2.45, 2.75) is 40.3 Å². The predicted molar refractivity (Wildman–Crippen MR) is 138 cm³/mol. The first kappa shape index (κ1) is 25.1. The van der Waals surface area contributed by atoms with Crippen LogP contribution in [-0.4, -0.2) is 34.9 Å². The molecule has 1 aromatic heterocycles. The number of imidazole rings is 1. The number of hydrogen-bond acceptors (Lipinski definition) is 5. The molecule has 0 bridgehead atoms. The van der Waals surface area contributed by atoms with Crippen LogP contribution in [0.15, 0.2) is 53.0 Å². The number of ether oxygens (including phenoxy) is 2. The molecule has 0 spiro atoms. The van der Waals surface area contributed by atoms with Crippen LogP contribution in [0.25, 0.3) is 0 Å². The fourth-order valence-electron chi connectivity index (χ4n) is 4.25. The van der Waals surface area contributed by atoms with E-state index in [0.717, 1.165) is 15.6 Å². The quantitative estimate of drug-likeness (QED) is 0.359. The minimum absolute atomic E-state index is 0.0419. The van der Waals surface area contributed by atoms with E-state index in [-0.39, 0.29) is 36.0 Å². The normalized spacial score (nSPS) is 15.9. The van der Waals surface area contributed by atoms with E-state index in [4.69, 9.17) is 9.47 Å². The van der Waals surface area contributed by atoms with Gasteiger partial charge in [-0.2, -0.15) is 4.98 Å². The number of halogens is 1. The second-order valence-electron chi connectivity index (χ2n) is 9.04. The van der Waals surface area contributed by atoms with Gasteiger partial charge in [0, 0.05) is 30.5 Å². The summed E-state index contributed by atoms with van der Waals surface area (Å²) in [5.41, 5.74) is 2.34. The minimum Gasteiger partial charge on any atom is -0.425 e. The molecule has 7 nitrogen and oxygen atoms in total. The van der Waals surface area contributed by atoms with Crippen molar-refractivity contribution in [3.05, 3.63) is 69.8 Å². The van der Waals surface area contributed by atoms with Gasteiger partial charge in [-0.1, -0.05) is 54.0 Å². The van der Waals surface area contributed by atoms with Crippen LogP contribution in [0.4, 0.5) is 5.82 Å². The Kier molecular flexibility index (Phi) is 7.72. The SMILES string of the molecule is CCOCc1cccc(Oc2nc3c(n2Cc2cccc(Br)c2)C(=O)CC(C(C)C)C(=O)N3C)c1. The molecule has 1 aliphatic heterocycles. The van der Waals surface area contributed by atoms with E-state index >= 15 is 0 Å². The maximum absolute atomic E-state index is 13.5. The zero-order chi connectivity index (χ0) is 25.1. The van der Waals surface area contributed by atoms with E-state index in [1.165, 1.54) is 4.90 Å². The average molecular weight is 540 g/mol. The van der Waals surface area contributed by atoms with Crippen molar-refractivity contribution in [2.75, 3.05) is 18.6 Å². The van der Waals surface area contributed by atoms with Gasteiger partial charge in [0.2, 0.25) is 5.91 Å². The molecule has 3 aromatic rings. The van der Waals surface area contributed by atoms with E-state index in [1.807, 2.05) is 69.3 Å². The third-order valence-corrected chi connectivity index (χ3v) is 6.66. The Bertz CT molecular complexity index is 1240. The number of amides is 1. The second-order valence-corrected chi connectivity index (χ2v) is 9.96. The molecule has 2 aromatic carbocycles. The Morgan fingerprint density at radius 2 is 1.86 bits per heavy atom. The fourth-order valence-corrected chi connectivity index (χ4v) is 4.70. The van der Waals surface area contributed by atoms with Gasteiger partial charge < -0.3 is 9.47 Å². The smallest absolute Gasteiger partial charge is 0.304 e. The Hall–Kier alpha value is -2.97. The number of carbonyl (C=O) groups is 2. The van der Waals surface area contributed by atoms with Crippen LogP contribution >= 0.6 is 15.9 Å². The van der Waals surface area contributed by atoms with Crippen molar-refractivity contribution in [1.82, 2.24) is 9.55 Å². The van der Waals surface area contributed by atoms with Gasteiger partial charge in [0.05, 0.1) is 13.2 Å². The molecule has 1 atom stereocenters. The first-order valence-corrected chi connectivity index (χ1v) is 12.6. The number of benzene rings is 2. The highest BCUT2D eigenvalue weighted by molar-refractivity contribution is 9.10. The Labute approximate surface area is 214 Å². The second kappa shape index (κ2) is 10.7. The van der Waals surface area contributed by atoms with Crippen LogP contribution in [-0.2, 0) is 22.7 Å². The Balaban J connectivity index is 1.79. The summed E-state index contributed by atoms with van der Waals surface area (Å²) in [5.74, 6) is 0.349. The molecule has 35 heavy (non-hydrogen) atoms. The molecule has 0 saturated carbocycles. The molecule has 1 unspecified atom stereocenters. The summed E-state index contributed by atoms with van der Waals surface area (Å²) in [7, 11) is 1.68. The van der Waals surface area contributed by atoms with E-state index in [2.05, 4.69) is 20.9 Å². The number of aromatic nitrogens is 2. The maximum atomic E-state index is 13.5. The standard InChI is InChI=1S/C27H30BrN3O4/c1-5-34-16-19-9-7-11-21(13-19)35-27-29-25-24(31(27)15-18-8-6-10-20(28)12-18)23(32)14-22(17(2)3)26(33)30(25)4/h6-13,17,22H,5,14-16H2,1-4H3. The molecule has 0 fully saturated rings. The van der Waals surface area contributed by atoms with Gasteiger partial charge in [-0.25, -0.2) is 0 Å². The minimum atomic E-state index is -0.388. The Morgan fingerprint density at radius 1 is 1.11 bits per heavy atom. The summed E-state index contributed by atoms with van der Waals surface area (Å²) in [6, 6.07) is 15.7. The van der Waals surface area contributed by atoms with Crippen LogP contribution < -0.4 is 9.64 Å². The topological polar surface area (TPSA) is 73.7 Å². The average Bonchev–Trinajstić information content (AvgIpc) is 3.13. The number of carbonyl (C=O) groups excluding carboxylic acids is 2. The number of rotatable bonds is 8. The van der Waals surface area contributed by atoms with E-state index in [9.17, 15) is 9.59 Å². The molecule has 0 saturated heterocycles. The number of fused-ring (bicyclic) bond motifs is 1. The monoisotopic (exact) mass is 539 g/mol. The molecule has 0 aliphatic carbocycles. The van der Waals surface area contributed by atoms with Gasteiger partial charge in [0.15, 0.2) is 11.6 Å². The molecule has 4 rings (SSSR count). The maximum Gasteiger partial charge on any atom is 0.304 e. The fraction of sp³-hybridized carbons (Fsp3) is 0.370. The molecule has 0 N–H and O–H groups in total. The van der Waals surface area contributed by atoms with Gasteiger partial charge in [0.1, 0.15) is 11.4 Å². The van der Waals surface area contributed by atoms with Crippen LogP contribution in [0, 0.1) is 11.8 Å². The van der Waals surface area contributed by atoms with Crippen LogP contribution in [0.1, 0.15) is 48.8 Å². The van der Waals surface area contributed by atoms with Crippen LogP contribution in [0.2, 0.25) is 0 Å². The van der Waals surface area contributed by atoms with Gasteiger partial charge >= 0.3 is 6.01 Å². The van der Waals surface area contributed by atoms with E-state index in [1.54, 1.807) is 11.6 Å². The summed E-state index contributed by atoms with van der Waals surface area (Å²) in [5, 5.41) is 0. The number of anilines is 1. The lowest BCUT2D eigenvalue weighted by atomic mass is 9.90. The molecular weight excluding hydrogens is 510 g/mol. The summed E-state index contributed by atoms with van der Waals surface area (Å²) < 4.78 is 14.5. The van der Waals surface area contributed by atoms with Crippen molar-refractivity contribution >= 4 is 33.4 Å². The molecule has 2 heterocycles. The number of ketones is 1. The summed E-state index contributed by atoms with van der Waals surface area (Å²) in [6.07, 6.45) is 0.140.